The van der Waals surface area contributed by atoms with Crippen LogP contribution >= 0.6 is 0 Å². The Morgan fingerprint density at radius 3 is 2.54 bits per heavy atom. The van der Waals surface area contributed by atoms with Gasteiger partial charge in [0.05, 0.1) is 10.1 Å². The van der Waals surface area contributed by atoms with Gasteiger partial charge in [-0.15, -0.1) is 0 Å². The van der Waals surface area contributed by atoms with Crippen LogP contribution in [0.15, 0.2) is 71.8 Å². The van der Waals surface area contributed by atoms with Crippen molar-refractivity contribution in [1.29, 1.82) is 0 Å². The number of nitrogens with one attached hydrogen (secondary N) is 1. The molecule has 0 amide bonds. The number of fused-ring (bicyclic) bond motifs is 3. The van der Waals surface area contributed by atoms with Crippen molar-refractivity contribution in [2.24, 2.45) is 0 Å². The summed E-state index contributed by atoms with van der Waals surface area (Å²) in [6.07, 6.45) is 1.74. The van der Waals surface area contributed by atoms with Gasteiger partial charge >= 0.3 is 0 Å². The molecule has 0 radical (unpaired) electrons. The number of benzene rings is 2. The van der Waals surface area contributed by atoms with Gasteiger partial charge in [-0.3, -0.25) is 0 Å². The molecule has 0 fully saturated rings. The summed E-state index contributed by atoms with van der Waals surface area (Å²) in [6.45, 7) is 1.73. The minimum absolute atomic E-state index is 0.346. The first kappa shape index (κ1) is 14.9. The molecule has 4 rings (SSSR count). The largest absolute Gasteiger partial charge is 0.339 e. The number of hydrogen-bond donors (Lipinski definition) is 1. The van der Waals surface area contributed by atoms with Crippen molar-refractivity contribution in [3.8, 4) is 0 Å². The van der Waals surface area contributed by atoms with Crippen molar-refractivity contribution in [1.82, 2.24) is 9.97 Å². The van der Waals surface area contributed by atoms with E-state index in [0.717, 1.165) is 27.5 Å². The first-order chi connectivity index (χ1) is 11.6. The van der Waals surface area contributed by atoms with Gasteiger partial charge in [-0.1, -0.05) is 24.3 Å². The van der Waals surface area contributed by atoms with Gasteiger partial charge in [0.2, 0.25) is 0 Å². The molecule has 0 aliphatic carbocycles. The van der Waals surface area contributed by atoms with Crippen LogP contribution in [-0.4, -0.2) is 18.4 Å². The Kier molecular flexibility index (Phi) is 3.39. The van der Waals surface area contributed by atoms with Crippen LogP contribution in [0.3, 0.4) is 0 Å². The van der Waals surface area contributed by atoms with E-state index in [1.54, 1.807) is 37.4 Å². The van der Waals surface area contributed by atoms with Crippen LogP contribution in [-0.2, 0) is 9.84 Å². The number of sulfone groups is 1. The van der Waals surface area contributed by atoms with E-state index in [1.165, 1.54) is 0 Å². The maximum atomic E-state index is 12.9. The summed E-state index contributed by atoms with van der Waals surface area (Å²) in [6, 6.07) is 18.2. The van der Waals surface area contributed by atoms with Gasteiger partial charge in [0.1, 0.15) is 5.65 Å². The van der Waals surface area contributed by atoms with E-state index in [1.807, 2.05) is 36.4 Å². The highest BCUT2D eigenvalue weighted by Gasteiger charge is 2.25. The molecule has 4 aromatic rings. The molecule has 1 atom stereocenters. The van der Waals surface area contributed by atoms with E-state index in [4.69, 9.17) is 0 Å². The fraction of sp³-hybridized carbons (Fsp3) is 0.105. The molecule has 2 aromatic carbocycles. The van der Waals surface area contributed by atoms with E-state index in [9.17, 15) is 8.42 Å². The Labute approximate surface area is 140 Å². The molecule has 0 saturated heterocycles. The third kappa shape index (κ3) is 2.29. The third-order valence-corrected chi connectivity index (χ3v) is 6.53. The summed E-state index contributed by atoms with van der Waals surface area (Å²) in [5.41, 5.74) is 2.54. The van der Waals surface area contributed by atoms with E-state index >= 15 is 0 Å². The lowest BCUT2D eigenvalue weighted by atomic mass is 10.1. The SMILES string of the molecule is CC(c1ccc2[nH]c3ncccc3c2c1)S(=O)(=O)c1ccccc1. The molecule has 24 heavy (non-hydrogen) atoms. The zero-order valence-corrected chi connectivity index (χ0v) is 13.9. The average molecular weight is 336 g/mol. The lowest BCUT2D eigenvalue weighted by molar-refractivity contribution is 0.586. The summed E-state index contributed by atoms with van der Waals surface area (Å²) < 4.78 is 25.7. The van der Waals surface area contributed by atoms with Crippen molar-refractivity contribution in [2.45, 2.75) is 17.1 Å². The monoisotopic (exact) mass is 336 g/mol. The normalized spacial score (nSPS) is 13.4. The van der Waals surface area contributed by atoms with Gasteiger partial charge in [-0.25, -0.2) is 13.4 Å². The second-order valence-corrected chi connectivity index (χ2v) is 8.10. The van der Waals surface area contributed by atoms with Gasteiger partial charge in [0.25, 0.3) is 0 Å². The number of nitrogens with zero attached hydrogens (tertiary/aromatic N) is 1. The van der Waals surface area contributed by atoms with Crippen molar-refractivity contribution in [3.63, 3.8) is 0 Å². The number of rotatable bonds is 3. The van der Waals surface area contributed by atoms with E-state index < -0.39 is 15.1 Å². The summed E-state index contributed by atoms with van der Waals surface area (Å²) in [4.78, 5) is 7.92. The molecular weight excluding hydrogens is 320 g/mol. The van der Waals surface area contributed by atoms with Crippen LogP contribution in [0.25, 0.3) is 21.9 Å². The molecule has 2 heterocycles. The van der Waals surface area contributed by atoms with E-state index in [-0.39, 0.29) is 0 Å². The average Bonchev–Trinajstić information content (AvgIpc) is 2.99. The second kappa shape index (κ2) is 5.46. The number of aromatic nitrogens is 2. The fourth-order valence-corrected chi connectivity index (χ4v) is 4.44. The highest BCUT2D eigenvalue weighted by molar-refractivity contribution is 7.91. The maximum absolute atomic E-state index is 12.9. The Balaban J connectivity index is 1.85. The van der Waals surface area contributed by atoms with E-state index in [2.05, 4.69) is 9.97 Å². The molecule has 0 aliphatic heterocycles. The van der Waals surface area contributed by atoms with Crippen molar-refractivity contribution in [3.05, 3.63) is 72.4 Å². The zero-order valence-electron chi connectivity index (χ0n) is 13.1. The summed E-state index contributed by atoms with van der Waals surface area (Å²) in [7, 11) is -3.42. The second-order valence-electron chi connectivity index (χ2n) is 5.83. The predicted molar refractivity (Wildman–Crippen MR) is 95.6 cm³/mol. The standard InChI is InChI=1S/C19H16N2O2S/c1-13(24(22,23)15-6-3-2-4-7-15)14-9-10-18-17(12-14)16-8-5-11-20-19(16)21-18/h2-13H,1H3,(H,20,21). The molecular formula is C19H16N2O2S. The highest BCUT2D eigenvalue weighted by atomic mass is 32.2. The molecule has 4 nitrogen and oxygen atoms in total. The van der Waals surface area contributed by atoms with Gasteiger partial charge in [-0.2, -0.15) is 0 Å². The predicted octanol–water partition coefficient (Wildman–Crippen LogP) is 4.25. The van der Waals surface area contributed by atoms with Crippen LogP contribution in [0.1, 0.15) is 17.7 Å². The lowest BCUT2D eigenvalue weighted by Crippen LogP contribution is -2.10. The molecule has 1 unspecified atom stereocenters. The minimum Gasteiger partial charge on any atom is -0.339 e. The fourth-order valence-electron chi connectivity index (χ4n) is 2.99. The summed E-state index contributed by atoms with van der Waals surface area (Å²) in [5.74, 6) is 0. The van der Waals surface area contributed by atoms with Gasteiger partial charge in [-0.05, 0) is 48.9 Å². The molecule has 2 aromatic heterocycles. The van der Waals surface area contributed by atoms with Crippen molar-refractivity contribution in [2.75, 3.05) is 0 Å². The highest BCUT2D eigenvalue weighted by Crippen LogP contribution is 2.32. The quantitative estimate of drug-likeness (QED) is 0.608. The third-order valence-electron chi connectivity index (χ3n) is 4.40. The number of H-pyrrole nitrogens is 1. The first-order valence-electron chi connectivity index (χ1n) is 7.73. The molecule has 0 spiro atoms. The maximum Gasteiger partial charge on any atom is 0.185 e. The Morgan fingerprint density at radius 1 is 0.958 bits per heavy atom. The number of hydrogen-bond acceptors (Lipinski definition) is 3. The minimum atomic E-state index is -3.42. The van der Waals surface area contributed by atoms with Crippen LogP contribution in [0.2, 0.25) is 0 Å². The zero-order chi connectivity index (χ0) is 16.7. The lowest BCUT2D eigenvalue weighted by Gasteiger charge is -2.13. The Morgan fingerprint density at radius 2 is 1.75 bits per heavy atom. The molecule has 120 valence electrons. The van der Waals surface area contributed by atoms with E-state index in [0.29, 0.717) is 4.90 Å². The van der Waals surface area contributed by atoms with Crippen LogP contribution < -0.4 is 0 Å². The smallest absolute Gasteiger partial charge is 0.185 e. The summed E-state index contributed by atoms with van der Waals surface area (Å²) >= 11 is 0. The molecule has 0 aliphatic rings. The summed E-state index contributed by atoms with van der Waals surface area (Å²) in [5, 5.41) is 1.37. The van der Waals surface area contributed by atoms with Gasteiger partial charge in [0, 0.05) is 22.5 Å². The molecule has 0 saturated carbocycles. The first-order valence-corrected chi connectivity index (χ1v) is 9.27. The van der Waals surface area contributed by atoms with Crippen LogP contribution in [0, 0.1) is 0 Å². The van der Waals surface area contributed by atoms with Crippen LogP contribution in [0.5, 0.6) is 0 Å². The van der Waals surface area contributed by atoms with Crippen LogP contribution in [0.4, 0.5) is 0 Å². The Bertz CT molecular complexity index is 1130. The van der Waals surface area contributed by atoms with Crippen molar-refractivity contribution >= 4 is 31.8 Å². The Hall–Kier alpha value is -2.66. The molecule has 1 N–H and O–H groups in total. The number of aromatic amines is 1. The number of pyridine rings is 1. The van der Waals surface area contributed by atoms with Gasteiger partial charge in [0.15, 0.2) is 9.84 Å². The van der Waals surface area contributed by atoms with Gasteiger partial charge < -0.3 is 4.98 Å². The molecule has 5 heteroatoms. The van der Waals surface area contributed by atoms with Crippen molar-refractivity contribution < 1.29 is 8.42 Å². The topological polar surface area (TPSA) is 62.8 Å². The molecule has 0 bridgehead atoms.